The summed E-state index contributed by atoms with van der Waals surface area (Å²) in [7, 11) is 0. The SMILES string of the molecule is O=C(CNc1cccc(F)c1)Nc1cc(F)ccc1F. The first-order valence-electron chi connectivity index (χ1n) is 5.79. The maximum atomic E-state index is 13.3. The Hall–Kier alpha value is -2.50. The summed E-state index contributed by atoms with van der Waals surface area (Å²) in [5.74, 6) is -2.39. The highest BCUT2D eigenvalue weighted by Gasteiger charge is 2.08. The number of carbonyl (C=O) groups is 1. The lowest BCUT2D eigenvalue weighted by molar-refractivity contribution is -0.114. The van der Waals surface area contributed by atoms with Crippen LogP contribution in [0, 0.1) is 17.5 Å². The van der Waals surface area contributed by atoms with E-state index in [1.165, 1.54) is 18.2 Å². The second kappa shape index (κ2) is 6.10. The molecule has 104 valence electrons. The molecule has 2 aromatic rings. The van der Waals surface area contributed by atoms with Crippen molar-refractivity contribution < 1.29 is 18.0 Å². The molecule has 0 aliphatic rings. The lowest BCUT2D eigenvalue weighted by Crippen LogP contribution is -2.22. The number of anilines is 2. The highest BCUT2D eigenvalue weighted by molar-refractivity contribution is 5.93. The van der Waals surface area contributed by atoms with Gasteiger partial charge in [-0.25, -0.2) is 13.2 Å². The molecule has 0 spiro atoms. The number of amides is 1. The van der Waals surface area contributed by atoms with E-state index in [2.05, 4.69) is 10.6 Å². The summed E-state index contributed by atoms with van der Waals surface area (Å²) >= 11 is 0. The van der Waals surface area contributed by atoms with Crippen molar-refractivity contribution in [2.45, 2.75) is 0 Å². The van der Waals surface area contributed by atoms with Gasteiger partial charge < -0.3 is 10.6 Å². The number of benzene rings is 2. The van der Waals surface area contributed by atoms with Crippen LogP contribution in [0.5, 0.6) is 0 Å². The molecule has 2 rings (SSSR count). The summed E-state index contributed by atoms with van der Waals surface area (Å²) < 4.78 is 39.1. The fourth-order valence-corrected chi connectivity index (χ4v) is 1.57. The molecular weight excluding hydrogens is 269 g/mol. The van der Waals surface area contributed by atoms with Crippen LogP contribution in [0.15, 0.2) is 42.5 Å². The first-order valence-corrected chi connectivity index (χ1v) is 5.79. The van der Waals surface area contributed by atoms with E-state index in [0.717, 1.165) is 18.2 Å². The largest absolute Gasteiger partial charge is 0.376 e. The fraction of sp³-hybridized carbons (Fsp3) is 0.0714. The van der Waals surface area contributed by atoms with Crippen LogP contribution in [0.2, 0.25) is 0 Å². The van der Waals surface area contributed by atoms with Gasteiger partial charge in [-0.3, -0.25) is 4.79 Å². The smallest absolute Gasteiger partial charge is 0.243 e. The van der Waals surface area contributed by atoms with Crippen molar-refractivity contribution in [2.75, 3.05) is 17.2 Å². The van der Waals surface area contributed by atoms with Crippen molar-refractivity contribution in [1.82, 2.24) is 0 Å². The van der Waals surface area contributed by atoms with Crippen molar-refractivity contribution in [1.29, 1.82) is 0 Å². The topological polar surface area (TPSA) is 41.1 Å². The van der Waals surface area contributed by atoms with Crippen LogP contribution in [0.3, 0.4) is 0 Å². The van der Waals surface area contributed by atoms with Crippen molar-refractivity contribution in [2.24, 2.45) is 0 Å². The van der Waals surface area contributed by atoms with Gasteiger partial charge in [0.15, 0.2) is 0 Å². The molecule has 1 amide bonds. The molecule has 0 saturated heterocycles. The molecule has 3 nitrogen and oxygen atoms in total. The summed E-state index contributed by atoms with van der Waals surface area (Å²) in [4.78, 5) is 11.6. The molecular formula is C14H11F3N2O. The summed E-state index contributed by atoms with van der Waals surface area (Å²) in [5.41, 5.74) is 0.177. The Morgan fingerprint density at radius 2 is 1.75 bits per heavy atom. The van der Waals surface area contributed by atoms with E-state index >= 15 is 0 Å². The van der Waals surface area contributed by atoms with Gasteiger partial charge in [-0.15, -0.1) is 0 Å². The van der Waals surface area contributed by atoms with Gasteiger partial charge in [-0.1, -0.05) is 6.07 Å². The Morgan fingerprint density at radius 3 is 2.50 bits per heavy atom. The van der Waals surface area contributed by atoms with Crippen LogP contribution >= 0.6 is 0 Å². The molecule has 0 bridgehead atoms. The number of carbonyl (C=O) groups excluding carboxylic acids is 1. The lowest BCUT2D eigenvalue weighted by atomic mass is 10.3. The summed E-state index contributed by atoms with van der Waals surface area (Å²) in [6, 6.07) is 8.32. The van der Waals surface area contributed by atoms with Crippen molar-refractivity contribution in [3.63, 3.8) is 0 Å². The number of hydrogen-bond acceptors (Lipinski definition) is 2. The third-order valence-corrected chi connectivity index (χ3v) is 2.48. The first-order chi connectivity index (χ1) is 9.54. The van der Waals surface area contributed by atoms with Gasteiger partial charge in [0.2, 0.25) is 5.91 Å². The molecule has 0 radical (unpaired) electrons. The Balaban J connectivity index is 1.94. The highest BCUT2D eigenvalue weighted by Crippen LogP contribution is 2.15. The van der Waals surface area contributed by atoms with Gasteiger partial charge in [0, 0.05) is 11.8 Å². The predicted molar refractivity (Wildman–Crippen MR) is 69.9 cm³/mol. The molecule has 0 aliphatic heterocycles. The van der Waals surface area contributed by atoms with E-state index in [-0.39, 0.29) is 12.2 Å². The van der Waals surface area contributed by atoms with Gasteiger partial charge >= 0.3 is 0 Å². The molecule has 0 heterocycles. The first kappa shape index (κ1) is 13.9. The molecule has 2 N–H and O–H groups in total. The molecule has 0 saturated carbocycles. The van der Waals surface area contributed by atoms with Crippen LogP contribution in [0.1, 0.15) is 0 Å². The third-order valence-electron chi connectivity index (χ3n) is 2.48. The van der Waals surface area contributed by atoms with Crippen molar-refractivity contribution in [3.05, 3.63) is 59.9 Å². The average molecular weight is 280 g/mol. The minimum Gasteiger partial charge on any atom is -0.376 e. The average Bonchev–Trinajstić information content (AvgIpc) is 2.41. The lowest BCUT2D eigenvalue weighted by Gasteiger charge is -2.08. The van der Waals surface area contributed by atoms with Crippen LogP contribution < -0.4 is 10.6 Å². The number of rotatable bonds is 4. The van der Waals surface area contributed by atoms with Crippen molar-refractivity contribution >= 4 is 17.3 Å². The molecule has 6 heteroatoms. The number of halogens is 3. The van der Waals surface area contributed by atoms with E-state index in [0.29, 0.717) is 5.69 Å². The van der Waals surface area contributed by atoms with E-state index in [9.17, 15) is 18.0 Å². The minimum atomic E-state index is -0.731. The monoisotopic (exact) mass is 280 g/mol. The van der Waals surface area contributed by atoms with Crippen molar-refractivity contribution in [3.8, 4) is 0 Å². The quantitative estimate of drug-likeness (QED) is 0.903. The minimum absolute atomic E-state index is 0.195. The number of hydrogen-bond donors (Lipinski definition) is 2. The van der Waals surface area contributed by atoms with E-state index in [1.807, 2.05) is 0 Å². The Kier molecular flexibility index (Phi) is 4.24. The second-order valence-electron chi connectivity index (χ2n) is 4.04. The zero-order valence-corrected chi connectivity index (χ0v) is 10.3. The molecule has 0 fully saturated rings. The Morgan fingerprint density at radius 1 is 1.00 bits per heavy atom. The Labute approximate surface area is 113 Å². The van der Waals surface area contributed by atoms with Crippen LogP contribution in [0.4, 0.5) is 24.5 Å². The molecule has 2 aromatic carbocycles. The maximum Gasteiger partial charge on any atom is 0.243 e. The van der Waals surface area contributed by atoms with Gasteiger partial charge in [0.05, 0.1) is 12.2 Å². The van der Waals surface area contributed by atoms with E-state index in [1.54, 1.807) is 6.07 Å². The van der Waals surface area contributed by atoms with E-state index in [4.69, 9.17) is 0 Å². The standard InChI is InChI=1S/C14H11F3N2O/c15-9-2-1-3-11(6-9)18-8-14(20)19-13-7-10(16)4-5-12(13)17/h1-7,18H,8H2,(H,19,20). The molecule has 0 atom stereocenters. The fourth-order valence-electron chi connectivity index (χ4n) is 1.57. The van der Waals surface area contributed by atoms with Crippen LogP contribution in [0.25, 0.3) is 0 Å². The molecule has 0 aromatic heterocycles. The predicted octanol–water partition coefficient (Wildman–Crippen LogP) is 3.15. The number of nitrogens with one attached hydrogen (secondary N) is 2. The molecule has 0 aliphatic carbocycles. The normalized spacial score (nSPS) is 10.2. The van der Waals surface area contributed by atoms with Crippen LogP contribution in [-0.2, 0) is 4.79 Å². The zero-order valence-electron chi connectivity index (χ0n) is 10.3. The summed E-state index contributed by atoms with van der Waals surface area (Å²) in [6.07, 6.45) is 0. The zero-order chi connectivity index (χ0) is 14.5. The molecule has 20 heavy (non-hydrogen) atoms. The third kappa shape index (κ3) is 3.74. The van der Waals surface area contributed by atoms with Gasteiger partial charge in [-0.2, -0.15) is 0 Å². The summed E-state index contributed by atoms with van der Waals surface area (Å²) in [6.45, 7) is -0.195. The Bertz CT molecular complexity index is 632. The van der Waals surface area contributed by atoms with E-state index < -0.39 is 23.4 Å². The van der Waals surface area contributed by atoms with Crippen LogP contribution in [-0.4, -0.2) is 12.5 Å². The van der Waals surface area contributed by atoms with Gasteiger partial charge in [-0.05, 0) is 30.3 Å². The second-order valence-corrected chi connectivity index (χ2v) is 4.04. The van der Waals surface area contributed by atoms with Gasteiger partial charge in [0.1, 0.15) is 17.5 Å². The van der Waals surface area contributed by atoms with Gasteiger partial charge in [0.25, 0.3) is 0 Å². The summed E-state index contributed by atoms with van der Waals surface area (Å²) in [5, 5.41) is 4.90. The maximum absolute atomic E-state index is 13.3. The molecule has 0 unspecified atom stereocenters. The highest BCUT2D eigenvalue weighted by atomic mass is 19.1.